The molecule has 4 N–H and O–H groups in total. The van der Waals surface area contributed by atoms with Crippen molar-refractivity contribution in [1.82, 2.24) is 0 Å². The van der Waals surface area contributed by atoms with Gasteiger partial charge in [0.15, 0.2) is 31.4 Å². The molecule has 2 fully saturated rings. The van der Waals surface area contributed by atoms with Crippen LogP contribution < -0.4 is 0 Å². The van der Waals surface area contributed by atoms with Crippen molar-refractivity contribution >= 4 is 20.0 Å². The van der Waals surface area contributed by atoms with Crippen molar-refractivity contribution in [3.05, 3.63) is 35.4 Å². The SMILES string of the molecule is Cc1ccc(COC(=O)C2O[C@@H](OC(C)C)[C@@H](O)[C@@H](O)[C@@H]2OCCO[C@@H]2OC(C(=O)OCC#C[Si](C)(C)C)[C@@H](OC(C)C)[C@H](O)[C@@H]2O)cc1. The molecule has 3 rings (SSSR count). The van der Waals surface area contributed by atoms with Gasteiger partial charge < -0.3 is 58.3 Å². The lowest BCUT2D eigenvalue weighted by Gasteiger charge is -2.42. The number of carbonyl (C=O) groups is 2. The Morgan fingerprint density at radius 1 is 0.755 bits per heavy atom. The summed E-state index contributed by atoms with van der Waals surface area (Å²) < 4.78 is 44.9. The van der Waals surface area contributed by atoms with E-state index in [2.05, 4.69) is 11.5 Å². The summed E-state index contributed by atoms with van der Waals surface area (Å²) in [6.45, 7) is 14.0. The van der Waals surface area contributed by atoms with Crippen LogP contribution in [-0.4, -0.2) is 134 Å². The third-order valence-corrected chi connectivity index (χ3v) is 8.24. The van der Waals surface area contributed by atoms with Gasteiger partial charge in [-0.25, -0.2) is 9.59 Å². The molecule has 0 amide bonds. The lowest BCUT2D eigenvalue weighted by atomic mass is 9.98. The topological polar surface area (TPSA) is 189 Å². The quantitative estimate of drug-likeness (QED) is 0.0925. The summed E-state index contributed by atoms with van der Waals surface area (Å²) in [7, 11) is -1.70. The number of aliphatic hydroxyl groups excluding tert-OH is 4. The van der Waals surface area contributed by atoms with Gasteiger partial charge in [-0.15, -0.1) is 5.54 Å². The fraction of sp³-hybridized carbons (Fsp3) is 0.706. The van der Waals surface area contributed by atoms with Crippen LogP contribution in [0.3, 0.4) is 0 Å². The second-order valence-corrected chi connectivity index (χ2v) is 18.4. The van der Waals surface area contributed by atoms with Gasteiger partial charge in [0.25, 0.3) is 0 Å². The molecular weight excluding hydrogens is 660 g/mol. The van der Waals surface area contributed by atoms with E-state index >= 15 is 0 Å². The van der Waals surface area contributed by atoms with Gasteiger partial charge in [-0.05, 0) is 40.2 Å². The van der Waals surface area contributed by atoms with Crippen LogP contribution in [0, 0.1) is 18.4 Å². The highest BCUT2D eigenvalue weighted by atomic mass is 28.3. The Balaban J connectivity index is 1.66. The van der Waals surface area contributed by atoms with E-state index in [0.717, 1.165) is 11.1 Å². The third kappa shape index (κ3) is 12.4. The predicted octanol–water partition coefficient (Wildman–Crippen LogP) is 0.976. The average Bonchev–Trinajstić information content (AvgIpc) is 3.02. The first kappa shape index (κ1) is 41.0. The van der Waals surface area contributed by atoms with Gasteiger partial charge >= 0.3 is 11.9 Å². The largest absolute Gasteiger partial charge is 0.459 e. The highest BCUT2D eigenvalue weighted by molar-refractivity contribution is 6.83. The Labute approximate surface area is 288 Å². The first-order valence-electron chi connectivity index (χ1n) is 16.4. The molecule has 276 valence electrons. The number of rotatable bonds is 14. The van der Waals surface area contributed by atoms with Crippen molar-refractivity contribution in [1.29, 1.82) is 0 Å². The molecule has 49 heavy (non-hydrogen) atoms. The van der Waals surface area contributed by atoms with Crippen molar-refractivity contribution in [2.24, 2.45) is 0 Å². The minimum atomic E-state index is -1.70. The van der Waals surface area contributed by atoms with Crippen molar-refractivity contribution < 1.29 is 67.9 Å². The van der Waals surface area contributed by atoms with Crippen LogP contribution in [-0.2, 0) is 54.1 Å². The summed E-state index contributed by atoms with van der Waals surface area (Å²) in [5.41, 5.74) is 4.85. The van der Waals surface area contributed by atoms with E-state index in [4.69, 9.17) is 37.9 Å². The Hall–Kier alpha value is -2.46. The zero-order valence-electron chi connectivity index (χ0n) is 29.4. The van der Waals surface area contributed by atoms with Crippen molar-refractivity contribution in [2.75, 3.05) is 19.8 Å². The van der Waals surface area contributed by atoms with Gasteiger partial charge in [0.05, 0.1) is 25.4 Å². The molecule has 2 unspecified atom stereocenters. The number of esters is 2. The predicted molar refractivity (Wildman–Crippen MR) is 176 cm³/mol. The molecule has 0 spiro atoms. The monoisotopic (exact) mass is 712 g/mol. The third-order valence-electron chi connectivity index (χ3n) is 7.32. The standard InChI is InChI=1S/C34H52O14Si/c1-19(2)45-28-24(36)25(37)33(47-30(28)31(39)42-14-9-17-49(6,7)8)43-16-15-41-27-23(35)26(38)34(46-20(3)4)48-29(27)32(40)44-18-22-12-10-21(5)11-13-22/h10-13,19-20,23-30,33-38H,14-16,18H2,1-8H3/t23-,24-,25+,26+,27+,28+,29?,30?,33-,34-/m1/s1. The van der Waals surface area contributed by atoms with E-state index in [1.165, 1.54) is 0 Å². The molecule has 2 aliphatic heterocycles. The molecule has 2 saturated heterocycles. The minimum absolute atomic E-state index is 0.0710. The van der Waals surface area contributed by atoms with Crippen LogP contribution in [0.2, 0.25) is 19.6 Å². The van der Waals surface area contributed by atoms with Crippen LogP contribution in [0.5, 0.6) is 0 Å². The fourth-order valence-corrected chi connectivity index (χ4v) is 5.59. The molecule has 1 aromatic rings. The Morgan fingerprint density at radius 2 is 1.29 bits per heavy atom. The van der Waals surface area contributed by atoms with Crippen molar-refractivity contribution in [2.45, 2.75) is 134 Å². The summed E-state index contributed by atoms with van der Waals surface area (Å²) in [6, 6.07) is 7.36. The van der Waals surface area contributed by atoms with Gasteiger partial charge in [-0.2, -0.15) is 0 Å². The molecule has 14 nitrogen and oxygen atoms in total. The number of ether oxygens (including phenoxy) is 8. The molecule has 0 saturated carbocycles. The van der Waals surface area contributed by atoms with Gasteiger partial charge in [-0.3, -0.25) is 0 Å². The zero-order chi connectivity index (χ0) is 36.5. The van der Waals surface area contributed by atoms with Crippen molar-refractivity contribution in [3.8, 4) is 11.5 Å². The maximum atomic E-state index is 13.2. The summed E-state index contributed by atoms with van der Waals surface area (Å²) in [5.74, 6) is 1.12. The van der Waals surface area contributed by atoms with Crippen LogP contribution in [0.4, 0.5) is 0 Å². The van der Waals surface area contributed by atoms with E-state index in [9.17, 15) is 30.0 Å². The molecule has 0 radical (unpaired) electrons. The van der Waals surface area contributed by atoms with E-state index in [-0.39, 0.29) is 26.4 Å². The van der Waals surface area contributed by atoms with E-state index in [0.29, 0.717) is 0 Å². The van der Waals surface area contributed by atoms with E-state index in [1.54, 1.807) is 27.7 Å². The number of hydrogen-bond donors (Lipinski definition) is 4. The maximum absolute atomic E-state index is 13.2. The molecule has 0 aliphatic carbocycles. The minimum Gasteiger partial charge on any atom is -0.459 e. The van der Waals surface area contributed by atoms with E-state index in [1.807, 2.05) is 50.8 Å². The number of aliphatic hydroxyl groups is 4. The second kappa shape index (κ2) is 18.7. The van der Waals surface area contributed by atoms with Crippen LogP contribution in [0.15, 0.2) is 24.3 Å². The fourth-order valence-electron chi connectivity index (χ4n) is 4.98. The summed E-state index contributed by atoms with van der Waals surface area (Å²) in [5, 5.41) is 43.3. The van der Waals surface area contributed by atoms with Gasteiger partial charge in [0.2, 0.25) is 0 Å². The highest BCUT2D eigenvalue weighted by Crippen LogP contribution is 2.28. The molecule has 0 bridgehead atoms. The van der Waals surface area contributed by atoms with Gasteiger partial charge in [0, 0.05) is 0 Å². The molecular formula is C34H52O14Si. The Bertz CT molecular complexity index is 1260. The van der Waals surface area contributed by atoms with E-state index < -0.39 is 93.6 Å². The Morgan fingerprint density at radius 3 is 1.90 bits per heavy atom. The lowest BCUT2D eigenvalue weighted by Crippen LogP contribution is -2.62. The van der Waals surface area contributed by atoms with Crippen LogP contribution in [0.1, 0.15) is 38.8 Å². The number of aryl methyl sites for hydroxylation is 1. The molecule has 10 atom stereocenters. The summed E-state index contributed by atoms with van der Waals surface area (Å²) >= 11 is 0. The Kier molecular flexibility index (Phi) is 15.6. The highest BCUT2D eigenvalue weighted by Gasteiger charge is 2.51. The molecule has 15 heteroatoms. The van der Waals surface area contributed by atoms with Crippen molar-refractivity contribution in [3.63, 3.8) is 0 Å². The molecule has 2 heterocycles. The van der Waals surface area contributed by atoms with Gasteiger partial charge in [-0.1, -0.05) is 55.4 Å². The summed E-state index contributed by atoms with van der Waals surface area (Å²) in [6.07, 6.45) is -15.6. The number of carbonyl (C=O) groups excluding carboxylic acids is 2. The molecule has 1 aromatic carbocycles. The first-order chi connectivity index (χ1) is 23.0. The van der Waals surface area contributed by atoms with Crippen LogP contribution in [0.25, 0.3) is 0 Å². The number of benzene rings is 1. The average molecular weight is 713 g/mol. The molecule has 2 aliphatic rings. The molecule has 0 aromatic heterocycles. The zero-order valence-corrected chi connectivity index (χ0v) is 30.4. The smallest absolute Gasteiger partial charge is 0.339 e. The lowest BCUT2D eigenvalue weighted by molar-refractivity contribution is -0.316. The number of hydrogen-bond acceptors (Lipinski definition) is 14. The van der Waals surface area contributed by atoms with Crippen LogP contribution >= 0.6 is 0 Å². The normalized spacial score (nSPS) is 30.5. The second-order valence-electron chi connectivity index (χ2n) is 13.6. The maximum Gasteiger partial charge on any atom is 0.339 e. The summed E-state index contributed by atoms with van der Waals surface area (Å²) in [4.78, 5) is 26.2. The first-order valence-corrected chi connectivity index (χ1v) is 19.9. The van der Waals surface area contributed by atoms with Gasteiger partial charge in [0.1, 0.15) is 51.3 Å².